The lowest BCUT2D eigenvalue weighted by molar-refractivity contribution is 0.0956. The summed E-state index contributed by atoms with van der Waals surface area (Å²) in [5.74, 6) is 0.415. The summed E-state index contributed by atoms with van der Waals surface area (Å²) in [6.07, 6.45) is 2.65. The molecule has 0 unspecified atom stereocenters. The zero-order chi connectivity index (χ0) is 23.8. The number of carbonyl (C=O) groups excluding carboxylic acids is 1. The molecule has 0 aliphatic rings. The summed E-state index contributed by atoms with van der Waals surface area (Å²) in [6.45, 7) is 4.12. The minimum Gasteiger partial charge on any atom is -0.369 e. The van der Waals surface area contributed by atoms with Gasteiger partial charge in [-0.2, -0.15) is 4.98 Å². The van der Waals surface area contributed by atoms with Crippen molar-refractivity contribution in [2.45, 2.75) is 13.3 Å². The van der Waals surface area contributed by atoms with Gasteiger partial charge < -0.3 is 20.9 Å². The molecule has 1 heterocycles. The van der Waals surface area contributed by atoms with E-state index in [2.05, 4.69) is 30.8 Å². The van der Waals surface area contributed by atoms with Gasteiger partial charge in [-0.3, -0.25) is 4.79 Å². The van der Waals surface area contributed by atoms with E-state index in [1.807, 2.05) is 33.2 Å². The van der Waals surface area contributed by atoms with Gasteiger partial charge in [0.25, 0.3) is 5.91 Å². The highest BCUT2D eigenvalue weighted by Crippen LogP contribution is 2.28. The summed E-state index contributed by atoms with van der Waals surface area (Å²) in [5.41, 5.74) is 2.87. The molecule has 0 radical (unpaired) electrons. The van der Waals surface area contributed by atoms with Crippen molar-refractivity contribution in [2.75, 3.05) is 44.4 Å². The zero-order valence-electron chi connectivity index (χ0n) is 19.0. The van der Waals surface area contributed by atoms with Gasteiger partial charge in [0.05, 0.1) is 5.02 Å². The van der Waals surface area contributed by atoms with Crippen molar-refractivity contribution < 1.29 is 9.18 Å². The van der Waals surface area contributed by atoms with Crippen molar-refractivity contribution in [1.82, 2.24) is 20.2 Å². The lowest BCUT2D eigenvalue weighted by atomic mass is 10.1. The van der Waals surface area contributed by atoms with Gasteiger partial charge in [-0.25, -0.2) is 9.37 Å². The Morgan fingerprint density at radius 3 is 2.58 bits per heavy atom. The van der Waals surface area contributed by atoms with Crippen LogP contribution in [0.25, 0.3) is 11.1 Å². The third-order valence-corrected chi connectivity index (χ3v) is 5.12. The Kier molecular flexibility index (Phi) is 8.57. The molecule has 1 amide bonds. The van der Waals surface area contributed by atoms with Gasteiger partial charge in [0.2, 0.25) is 5.95 Å². The number of nitrogens with zero attached hydrogens (tertiary/aromatic N) is 3. The molecule has 0 saturated carbocycles. The van der Waals surface area contributed by atoms with Crippen LogP contribution in [-0.2, 0) is 0 Å². The monoisotopic (exact) mass is 470 g/mol. The fourth-order valence-electron chi connectivity index (χ4n) is 3.16. The van der Waals surface area contributed by atoms with Gasteiger partial charge in [-0.1, -0.05) is 23.7 Å². The summed E-state index contributed by atoms with van der Waals surface area (Å²) < 4.78 is 13.5. The van der Waals surface area contributed by atoms with Gasteiger partial charge in [-0.15, -0.1) is 0 Å². The highest BCUT2D eigenvalue weighted by molar-refractivity contribution is 6.31. The Balaban J connectivity index is 1.86. The van der Waals surface area contributed by atoms with Crippen LogP contribution in [0.2, 0.25) is 5.02 Å². The topological polar surface area (TPSA) is 82.2 Å². The number of amides is 1. The molecule has 3 rings (SSSR count). The van der Waals surface area contributed by atoms with Crippen molar-refractivity contribution >= 4 is 35.0 Å². The van der Waals surface area contributed by atoms with Crippen LogP contribution in [0.15, 0.2) is 48.7 Å². The van der Waals surface area contributed by atoms with Gasteiger partial charge in [0, 0.05) is 36.1 Å². The average molecular weight is 471 g/mol. The number of hydrogen-bond acceptors (Lipinski definition) is 6. The molecule has 9 heteroatoms. The van der Waals surface area contributed by atoms with Crippen LogP contribution in [-0.4, -0.2) is 54.5 Å². The van der Waals surface area contributed by atoms with E-state index in [9.17, 15) is 9.18 Å². The van der Waals surface area contributed by atoms with Crippen LogP contribution in [0.4, 0.5) is 21.8 Å². The van der Waals surface area contributed by atoms with Crippen molar-refractivity contribution in [3.05, 3.63) is 65.1 Å². The second-order valence-corrected chi connectivity index (χ2v) is 8.14. The van der Waals surface area contributed by atoms with Gasteiger partial charge >= 0.3 is 0 Å². The van der Waals surface area contributed by atoms with Gasteiger partial charge in [-0.05, 0) is 69.9 Å². The number of anilines is 3. The molecule has 0 aliphatic heterocycles. The minimum atomic E-state index is -0.488. The standard InChI is InChI=1S/C24H28ClFN6O/c1-4-27-23(33)17-8-6-16(7-9-17)19-15-29-24(30-18-10-11-21(26)20(25)14-18)31-22(19)28-12-5-13-32(2)3/h6-11,14-15H,4-5,12-13H2,1-3H3,(H,27,33)(H2,28,29,30,31). The maximum Gasteiger partial charge on any atom is 0.251 e. The van der Waals surface area contributed by atoms with Crippen molar-refractivity contribution in [3.63, 3.8) is 0 Å². The van der Waals surface area contributed by atoms with Crippen LogP contribution in [0, 0.1) is 5.82 Å². The van der Waals surface area contributed by atoms with Crippen LogP contribution in [0.5, 0.6) is 0 Å². The minimum absolute atomic E-state index is 0.0193. The van der Waals surface area contributed by atoms with E-state index in [1.165, 1.54) is 12.1 Å². The second-order valence-electron chi connectivity index (χ2n) is 7.73. The Labute approximate surface area is 198 Å². The van der Waals surface area contributed by atoms with E-state index < -0.39 is 5.82 Å². The second kappa shape index (κ2) is 11.6. The first-order chi connectivity index (χ1) is 15.9. The normalized spacial score (nSPS) is 10.8. The molecule has 2 aromatic carbocycles. The van der Waals surface area contributed by atoms with Crippen LogP contribution in [0.3, 0.4) is 0 Å². The number of nitrogens with one attached hydrogen (secondary N) is 3. The van der Waals surface area contributed by atoms with E-state index >= 15 is 0 Å². The number of halogens is 2. The Morgan fingerprint density at radius 1 is 1.15 bits per heavy atom. The summed E-state index contributed by atoms with van der Waals surface area (Å²) >= 11 is 5.88. The summed E-state index contributed by atoms with van der Waals surface area (Å²) in [7, 11) is 4.06. The first-order valence-electron chi connectivity index (χ1n) is 10.7. The van der Waals surface area contributed by atoms with Crippen LogP contribution >= 0.6 is 11.6 Å². The smallest absolute Gasteiger partial charge is 0.251 e. The molecule has 3 N–H and O–H groups in total. The third-order valence-electron chi connectivity index (χ3n) is 4.83. The van der Waals surface area contributed by atoms with E-state index in [0.29, 0.717) is 29.6 Å². The molecule has 1 aromatic heterocycles. The predicted octanol–water partition coefficient (Wildman–Crippen LogP) is 4.79. The number of aromatic nitrogens is 2. The molecular formula is C24H28ClFN6O. The van der Waals surface area contributed by atoms with Crippen molar-refractivity contribution in [2.24, 2.45) is 0 Å². The molecule has 174 valence electrons. The summed E-state index contributed by atoms with van der Waals surface area (Å²) in [4.78, 5) is 23.2. The highest BCUT2D eigenvalue weighted by Gasteiger charge is 2.12. The predicted molar refractivity (Wildman–Crippen MR) is 132 cm³/mol. The van der Waals surface area contributed by atoms with E-state index in [-0.39, 0.29) is 10.9 Å². The van der Waals surface area contributed by atoms with E-state index in [1.54, 1.807) is 24.4 Å². The number of rotatable bonds is 10. The van der Waals surface area contributed by atoms with E-state index in [0.717, 1.165) is 30.6 Å². The lowest BCUT2D eigenvalue weighted by Crippen LogP contribution is -2.22. The van der Waals surface area contributed by atoms with E-state index in [4.69, 9.17) is 11.6 Å². The number of carbonyl (C=O) groups is 1. The van der Waals surface area contributed by atoms with Crippen LogP contribution in [0.1, 0.15) is 23.7 Å². The average Bonchev–Trinajstić information content (AvgIpc) is 2.79. The Morgan fingerprint density at radius 2 is 1.91 bits per heavy atom. The fourth-order valence-corrected chi connectivity index (χ4v) is 3.34. The largest absolute Gasteiger partial charge is 0.369 e. The summed E-state index contributed by atoms with van der Waals surface area (Å²) in [6, 6.07) is 11.7. The maximum atomic E-state index is 13.5. The fraction of sp³-hybridized carbons (Fsp3) is 0.292. The first-order valence-corrected chi connectivity index (χ1v) is 11.1. The molecule has 0 atom stereocenters. The van der Waals surface area contributed by atoms with Crippen LogP contribution < -0.4 is 16.0 Å². The molecule has 0 bridgehead atoms. The lowest BCUT2D eigenvalue weighted by Gasteiger charge is -2.15. The number of hydrogen-bond donors (Lipinski definition) is 3. The Hall–Kier alpha value is -3.23. The molecule has 7 nitrogen and oxygen atoms in total. The molecule has 3 aromatic rings. The first kappa shape index (κ1) is 24.4. The quantitative estimate of drug-likeness (QED) is 0.369. The zero-order valence-corrected chi connectivity index (χ0v) is 19.7. The SMILES string of the molecule is CCNC(=O)c1ccc(-c2cnc(Nc3ccc(F)c(Cl)c3)nc2NCCCN(C)C)cc1. The molecule has 0 saturated heterocycles. The van der Waals surface area contributed by atoms with Gasteiger partial charge in [0.1, 0.15) is 11.6 Å². The van der Waals surface area contributed by atoms with Gasteiger partial charge in [0.15, 0.2) is 0 Å². The molecule has 33 heavy (non-hydrogen) atoms. The van der Waals surface area contributed by atoms with Crippen molar-refractivity contribution in [3.8, 4) is 11.1 Å². The summed E-state index contributed by atoms with van der Waals surface area (Å²) in [5, 5.41) is 9.26. The maximum absolute atomic E-state index is 13.5. The molecule has 0 aliphatic carbocycles. The van der Waals surface area contributed by atoms with Crippen molar-refractivity contribution in [1.29, 1.82) is 0 Å². The molecule has 0 spiro atoms. The number of benzene rings is 2. The molecule has 0 fully saturated rings. The third kappa shape index (κ3) is 6.87. The Bertz CT molecular complexity index is 1090. The molecular weight excluding hydrogens is 443 g/mol. The highest BCUT2D eigenvalue weighted by atomic mass is 35.5.